The maximum Gasteiger partial charge on any atom is 0.0695 e. The van der Waals surface area contributed by atoms with E-state index in [-0.39, 0.29) is 6.10 Å². The van der Waals surface area contributed by atoms with Crippen molar-refractivity contribution >= 4 is 0 Å². The number of aliphatic hydroxyl groups excluding tert-OH is 1. The first-order valence-electron chi connectivity index (χ1n) is 7.04. The molecule has 0 aromatic heterocycles. The first-order valence-corrected chi connectivity index (χ1v) is 7.04. The van der Waals surface area contributed by atoms with Gasteiger partial charge in [-0.05, 0) is 46.1 Å². The number of aliphatic hydroxyl groups is 1. The number of ether oxygens (including phenoxy) is 1. The van der Waals surface area contributed by atoms with E-state index in [0.29, 0.717) is 12.1 Å². The molecule has 3 heteroatoms. The van der Waals surface area contributed by atoms with Gasteiger partial charge in [0.2, 0.25) is 0 Å². The highest BCUT2D eigenvalue weighted by Gasteiger charge is 2.30. The third-order valence-corrected chi connectivity index (χ3v) is 3.93. The normalized spacial score (nSPS) is 30.2. The topological polar surface area (TPSA) is 32.7 Å². The molecule has 0 radical (unpaired) electrons. The van der Waals surface area contributed by atoms with Gasteiger partial charge in [-0.2, -0.15) is 0 Å². The molecule has 0 bridgehead atoms. The van der Waals surface area contributed by atoms with Crippen LogP contribution in [-0.2, 0) is 4.74 Å². The monoisotopic (exact) mass is 243 g/mol. The Labute approximate surface area is 106 Å². The Bertz CT molecular complexity index is 208. The Balaban J connectivity index is 2.34. The lowest BCUT2D eigenvalue weighted by molar-refractivity contribution is -0.00562. The fraction of sp³-hybridized carbons (Fsp3) is 1.00. The van der Waals surface area contributed by atoms with Crippen LogP contribution < -0.4 is 0 Å². The lowest BCUT2D eigenvalue weighted by Crippen LogP contribution is -2.46. The molecular weight excluding hydrogens is 214 g/mol. The summed E-state index contributed by atoms with van der Waals surface area (Å²) in [6.07, 6.45) is 4.66. The summed E-state index contributed by atoms with van der Waals surface area (Å²) in [5.41, 5.74) is 0. The van der Waals surface area contributed by atoms with E-state index in [0.717, 1.165) is 31.9 Å². The first-order chi connectivity index (χ1) is 8.04. The fourth-order valence-electron chi connectivity index (χ4n) is 2.66. The van der Waals surface area contributed by atoms with Crippen LogP contribution in [0, 0.1) is 5.92 Å². The van der Waals surface area contributed by atoms with E-state index in [4.69, 9.17) is 4.74 Å². The van der Waals surface area contributed by atoms with E-state index in [1.54, 1.807) is 0 Å². The van der Waals surface area contributed by atoms with Crippen LogP contribution in [0.2, 0.25) is 0 Å². The second-order valence-electron chi connectivity index (χ2n) is 5.62. The molecular formula is C14H29NO2. The van der Waals surface area contributed by atoms with Gasteiger partial charge in [-0.25, -0.2) is 0 Å². The largest absolute Gasteiger partial charge is 0.391 e. The smallest absolute Gasteiger partial charge is 0.0695 e. The zero-order valence-electron chi connectivity index (χ0n) is 11.9. The van der Waals surface area contributed by atoms with Crippen LogP contribution in [-0.4, -0.2) is 48.5 Å². The molecule has 3 nitrogen and oxygen atoms in total. The minimum atomic E-state index is -0.151. The van der Waals surface area contributed by atoms with E-state index in [1.807, 2.05) is 0 Å². The van der Waals surface area contributed by atoms with Crippen LogP contribution in [0.1, 0.15) is 46.5 Å². The van der Waals surface area contributed by atoms with E-state index in [9.17, 15) is 5.11 Å². The van der Waals surface area contributed by atoms with E-state index < -0.39 is 0 Å². The minimum absolute atomic E-state index is 0.151. The average Bonchev–Trinajstić information content (AvgIpc) is 2.29. The van der Waals surface area contributed by atoms with Gasteiger partial charge in [-0.15, -0.1) is 0 Å². The Morgan fingerprint density at radius 2 is 2.06 bits per heavy atom. The summed E-state index contributed by atoms with van der Waals surface area (Å²) in [6.45, 7) is 8.04. The Morgan fingerprint density at radius 1 is 1.35 bits per heavy atom. The molecule has 1 aliphatic rings. The van der Waals surface area contributed by atoms with Gasteiger partial charge in [0.05, 0.1) is 18.8 Å². The highest BCUT2D eigenvalue weighted by Crippen LogP contribution is 2.29. The van der Waals surface area contributed by atoms with Gasteiger partial charge in [0.15, 0.2) is 0 Å². The van der Waals surface area contributed by atoms with Gasteiger partial charge >= 0.3 is 0 Å². The summed E-state index contributed by atoms with van der Waals surface area (Å²) < 4.78 is 5.57. The van der Waals surface area contributed by atoms with Crippen molar-refractivity contribution in [3.05, 3.63) is 0 Å². The van der Waals surface area contributed by atoms with Crippen molar-refractivity contribution in [2.24, 2.45) is 5.92 Å². The molecule has 1 saturated carbocycles. The summed E-state index contributed by atoms with van der Waals surface area (Å²) in [4.78, 5) is 2.27. The van der Waals surface area contributed by atoms with E-state index in [2.05, 4.69) is 32.7 Å². The standard InChI is InChI=1S/C14H29NO2/c1-5-12-6-7-14(16)13(10-12)15(4)8-9-17-11(2)3/h11-14,16H,5-10H2,1-4H3. The highest BCUT2D eigenvalue weighted by molar-refractivity contribution is 4.85. The SMILES string of the molecule is CCC1CCC(O)C(N(C)CCOC(C)C)C1. The fourth-order valence-corrected chi connectivity index (χ4v) is 2.66. The van der Waals surface area contributed by atoms with Crippen molar-refractivity contribution in [1.29, 1.82) is 0 Å². The third-order valence-electron chi connectivity index (χ3n) is 3.93. The van der Waals surface area contributed by atoms with Crippen molar-refractivity contribution in [2.75, 3.05) is 20.2 Å². The quantitative estimate of drug-likeness (QED) is 0.777. The molecule has 3 atom stereocenters. The number of hydrogen-bond donors (Lipinski definition) is 1. The number of rotatable bonds is 6. The van der Waals surface area contributed by atoms with Crippen molar-refractivity contribution < 1.29 is 9.84 Å². The van der Waals surface area contributed by atoms with Gasteiger partial charge in [0, 0.05) is 12.6 Å². The summed E-state index contributed by atoms with van der Waals surface area (Å²) in [6, 6.07) is 0.324. The third kappa shape index (κ3) is 4.94. The number of nitrogens with zero attached hydrogens (tertiary/aromatic N) is 1. The molecule has 1 aliphatic carbocycles. The molecule has 102 valence electrons. The average molecular weight is 243 g/mol. The van der Waals surface area contributed by atoms with Crippen LogP contribution in [0.5, 0.6) is 0 Å². The molecule has 0 amide bonds. The Morgan fingerprint density at radius 3 is 2.65 bits per heavy atom. The Hall–Kier alpha value is -0.120. The lowest BCUT2D eigenvalue weighted by atomic mass is 9.82. The van der Waals surface area contributed by atoms with Crippen molar-refractivity contribution in [1.82, 2.24) is 4.90 Å². The maximum atomic E-state index is 10.1. The summed E-state index contributed by atoms with van der Waals surface area (Å²) >= 11 is 0. The molecule has 0 aromatic carbocycles. The molecule has 1 rings (SSSR count). The van der Waals surface area contributed by atoms with Crippen molar-refractivity contribution in [3.8, 4) is 0 Å². The van der Waals surface area contributed by atoms with E-state index in [1.165, 1.54) is 12.8 Å². The van der Waals surface area contributed by atoms with Crippen LogP contribution in [0.3, 0.4) is 0 Å². The van der Waals surface area contributed by atoms with Crippen LogP contribution in [0.4, 0.5) is 0 Å². The van der Waals surface area contributed by atoms with Gasteiger partial charge in [0.25, 0.3) is 0 Å². The molecule has 0 heterocycles. The predicted octanol–water partition coefficient (Wildman–Crippen LogP) is 2.28. The second-order valence-corrected chi connectivity index (χ2v) is 5.62. The molecule has 1 N–H and O–H groups in total. The predicted molar refractivity (Wildman–Crippen MR) is 71.1 cm³/mol. The zero-order valence-corrected chi connectivity index (χ0v) is 11.9. The zero-order chi connectivity index (χ0) is 12.8. The summed E-state index contributed by atoms with van der Waals surface area (Å²) in [5, 5.41) is 10.1. The minimum Gasteiger partial charge on any atom is -0.391 e. The lowest BCUT2D eigenvalue weighted by Gasteiger charge is -2.38. The van der Waals surface area contributed by atoms with Gasteiger partial charge in [-0.1, -0.05) is 13.3 Å². The van der Waals surface area contributed by atoms with Crippen LogP contribution in [0.25, 0.3) is 0 Å². The first kappa shape index (κ1) is 14.9. The maximum absolute atomic E-state index is 10.1. The van der Waals surface area contributed by atoms with Crippen molar-refractivity contribution in [3.63, 3.8) is 0 Å². The molecule has 3 unspecified atom stereocenters. The molecule has 0 aromatic rings. The van der Waals surface area contributed by atoms with E-state index >= 15 is 0 Å². The number of likely N-dealkylation sites (N-methyl/N-ethyl adjacent to an activating group) is 1. The Kier molecular flexibility index (Phi) is 6.45. The summed E-state index contributed by atoms with van der Waals surface area (Å²) in [5.74, 6) is 0.789. The number of hydrogen-bond acceptors (Lipinski definition) is 3. The van der Waals surface area contributed by atoms with Crippen LogP contribution >= 0.6 is 0 Å². The molecule has 0 spiro atoms. The van der Waals surface area contributed by atoms with Crippen molar-refractivity contribution in [2.45, 2.75) is 64.7 Å². The van der Waals surface area contributed by atoms with Gasteiger partial charge < -0.3 is 9.84 Å². The molecule has 0 aliphatic heterocycles. The van der Waals surface area contributed by atoms with Gasteiger partial charge in [0.1, 0.15) is 0 Å². The molecule has 0 saturated heterocycles. The summed E-state index contributed by atoms with van der Waals surface area (Å²) in [7, 11) is 2.11. The van der Waals surface area contributed by atoms with Gasteiger partial charge in [-0.3, -0.25) is 4.90 Å². The molecule has 1 fully saturated rings. The highest BCUT2D eigenvalue weighted by atomic mass is 16.5. The molecule has 17 heavy (non-hydrogen) atoms. The second kappa shape index (κ2) is 7.34. The van der Waals surface area contributed by atoms with Crippen LogP contribution in [0.15, 0.2) is 0 Å².